The summed E-state index contributed by atoms with van der Waals surface area (Å²) in [5, 5.41) is 8.88. The van der Waals surface area contributed by atoms with Gasteiger partial charge in [0.05, 0.1) is 14.5 Å². The lowest BCUT2D eigenvalue weighted by molar-refractivity contribution is 0.564. The van der Waals surface area contributed by atoms with E-state index in [2.05, 4.69) is 50.0 Å². The largest absolute Gasteiger partial charge is 0.305 e. The number of thiazole rings is 1. The molecule has 0 amide bonds. The number of nitrogens with zero attached hydrogens (tertiary/aromatic N) is 1. The van der Waals surface area contributed by atoms with Gasteiger partial charge in [0.25, 0.3) is 0 Å². The number of rotatable bonds is 4. The number of aromatic nitrogens is 1. The quantitative estimate of drug-likeness (QED) is 0.872. The first-order valence-corrected chi connectivity index (χ1v) is 7.58. The van der Waals surface area contributed by atoms with Crippen LogP contribution >= 0.6 is 51.0 Å². The lowest BCUT2D eigenvalue weighted by atomic mass is 10.2. The molecule has 2 aromatic heterocycles. The summed E-state index contributed by atoms with van der Waals surface area (Å²) in [6.45, 7) is 5.08. The van der Waals surface area contributed by atoms with Gasteiger partial charge < -0.3 is 5.32 Å². The molecule has 1 atom stereocenters. The van der Waals surface area contributed by atoms with Gasteiger partial charge in [-0.05, 0) is 46.8 Å². The van der Waals surface area contributed by atoms with Crippen molar-refractivity contribution in [1.82, 2.24) is 10.3 Å². The number of thiophene rings is 1. The van der Waals surface area contributed by atoms with Crippen molar-refractivity contribution < 1.29 is 0 Å². The molecule has 0 bridgehead atoms. The molecule has 2 nitrogen and oxygen atoms in total. The van der Waals surface area contributed by atoms with Crippen molar-refractivity contribution in [3.8, 4) is 0 Å². The molecule has 0 aliphatic carbocycles. The molecule has 0 radical (unpaired) electrons. The van der Waals surface area contributed by atoms with Gasteiger partial charge in [0, 0.05) is 18.0 Å². The Morgan fingerprint density at radius 3 is 2.71 bits per heavy atom. The molecule has 0 aliphatic rings. The van der Waals surface area contributed by atoms with Gasteiger partial charge in [0.1, 0.15) is 0 Å². The zero-order valence-corrected chi connectivity index (χ0v) is 13.6. The summed E-state index contributed by atoms with van der Waals surface area (Å²) in [6, 6.07) is 2.46. The maximum absolute atomic E-state index is 4.48. The summed E-state index contributed by atoms with van der Waals surface area (Å²) in [4.78, 5) is 4.48. The first-order valence-electron chi connectivity index (χ1n) is 5.03. The van der Waals surface area contributed by atoms with E-state index in [-0.39, 0.29) is 12.4 Å². The lowest BCUT2D eigenvalue weighted by Crippen LogP contribution is -2.17. The van der Waals surface area contributed by atoms with Crippen LogP contribution in [0.1, 0.15) is 29.2 Å². The average molecular weight is 354 g/mol. The average Bonchev–Trinajstić information content (AvgIpc) is 2.84. The smallest absolute Gasteiger partial charge is 0.0898 e. The first-order chi connectivity index (χ1) is 7.65. The highest BCUT2D eigenvalue weighted by Crippen LogP contribution is 2.21. The standard InChI is InChI=1S/C11H13BrN2S2.ClH/c1-7(10-6-15-8(2)14-10)13-4-9-3-11(12)16-5-9;/h3,5-7,13H,4H2,1-2H3;1H. The Kier molecular flexibility index (Phi) is 6.09. The van der Waals surface area contributed by atoms with E-state index in [0.29, 0.717) is 6.04 Å². The molecule has 0 saturated heterocycles. The highest BCUT2D eigenvalue weighted by Gasteiger charge is 2.08. The van der Waals surface area contributed by atoms with Gasteiger partial charge in [-0.25, -0.2) is 4.98 Å². The fraction of sp³-hybridized carbons (Fsp3) is 0.364. The fourth-order valence-corrected chi connectivity index (χ4v) is 3.31. The first kappa shape index (κ1) is 15.1. The number of aryl methyl sites for hydroxylation is 1. The van der Waals surface area contributed by atoms with Gasteiger partial charge in [-0.15, -0.1) is 35.1 Å². The SMILES string of the molecule is Cc1nc(C(C)NCc2csc(Br)c2)cs1.Cl. The summed E-state index contributed by atoms with van der Waals surface area (Å²) < 4.78 is 1.18. The second kappa shape index (κ2) is 6.85. The van der Waals surface area contributed by atoms with Crippen LogP contribution in [-0.2, 0) is 6.54 Å². The van der Waals surface area contributed by atoms with Gasteiger partial charge in [-0.1, -0.05) is 0 Å². The zero-order chi connectivity index (χ0) is 11.5. The monoisotopic (exact) mass is 352 g/mol. The molecule has 0 fully saturated rings. The minimum Gasteiger partial charge on any atom is -0.305 e. The molecule has 6 heteroatoms. The predicted molar refractivity (Wildman–Crippen MR) is 81.4 cm³/mol. The third-order valence-electron chi connectivity index (χ3n) is 2.31. The summed E-state index contributed by atoms with van der Waals surface area (Å²) in [5.41, 5.74) is 2.45. The van der Waals surface area contributed by atoms with Crippen molar-refractivity contribution in [1.29, 1.82) is 0 Å². The van der Waals surface area contributed by atoms with Crippen molar-refractivity contribution in [2.24, 2.45) is 0 Å². The van der Waals surface area contributed by atoms with E-state index in [1.165, 1.54) is 9.35 Å². The molecule has 0 aliphatic heterocycles. The van der Waals surface area contributed by atoms with Crippen LogP contribution in [-0.4, -0.2) is 4.98 Å². The van der Waals surface area contributed by atoms with Gasteiger partial charge in [0.15, 0.2) is 0 Å². The van der Waals surface area contributed by atoms with Gasteiger partial charge in [-0.2, -0.15) is 0 Å². The highest BCUT2D eigenvalue weighted by atomic mass is 79.9. The number of hydrogen-bond acceptors (Lipinski definition) is 4. The van der Waals surface area contributed by atoms with E-state index in [1.54, 1.807) is 22.7 Å². The second-order valence-electron chi connectivity index (χ2n) is 3.65. The Balaban J connectivity index is 0.00000144. The normalized spacial score (nSPS) is 12.2. The Labute approximate surface area is 124 Å². The third kappa shape index (κ3) is 4.34. The van der Waals surface area contributed by atoms with Crippen molar-refractivity contribution in [3.63, 3.8) is 0 Å². The Morgan fingerprint density at radius 1 is 1.41 bits per heavy atom. The van der Waals surface area contributed by atoms with Crippen LogP contribution in [0.4, 0.5) is 0 Å². The van der Waals surface area contributed by atoms with Gasteiger partial charge in [-0.3, -0.25) is 0 Å². The van der Waals surface area contributed by atoms with E-state index < -0.39 is 0 Å². The van der Waals surface area contributed by atoms with E-state index in [4.69, 9.17) is 0 Å². The van der Waals surface area contributed by atoms with Crippen LogP contribution in [0.25, 0.3) is 0 Å². The molecular formula is C11H14BrClN2S2. The van der Waals surface area contributed by atoms with Crippen molar-refractivity contribution >= 4 is 51.0 Å². The van der Waals surface area contributed by atoms with E-state index in [1.807, 2.05) is 6.92 Å². The highest BCUT2D eigenvalue weighted by molar-refractivity contribution is 9.11. The Morgan fingerprint density at radius 2 is 2.18 bits per heavy atom. The van der Waals surface area contributed by atoms with Crippen LogP contribution in [0.3, 0.4) is 0 Å². The summed E-state index contributed by atoms with van der Waals surface area (Å²) >= 11 is 6.89. The molecule has 0 spiro atoms. The molecule has 1 N–H and O–H groups in total. The number of nitrogens with one attached hydrogen (secondary N) is 1. The van der Waals surface area contributed by atoms with Gasteiger partial charge >= 0.3 is 0 Å². The predicted octanol–water partition coefficient (Wildman–Crippen LogP) is 4.55. The molecule has 2 heterocycles. The van der Waals surface area contributed by atoms with Crippen LogP contribution in [0, 0.1) is 6.92 Å². The molecule has 94 valence electrons. The maximum Gasteiger partial charge on any atom is 0.0898 e. The molecule has 0 saturated carbocycles. The molecule has 17 heavy (non-hydrogen) atoms. The second-order valence-corrected chi connectivity index (χ2v) is 7.01. The van der Waals surface area contributed by atoms with Crippen LogP contribution in [0.15, 0.2) is 20.6 Å². The minimum atomic E-state index is 0. The summed E-state index contributed by atoms with van der Waals surface area (Å²) in [5.74, 6) is 0. The van der Waals surface area contributed by atoms with E-state index >= 15 is 0 Å². The lowest BCUT2D eigenvalue weighted by Gasteiger charge is -2.10. The number of halogens is 2. The molecule has 0 aromatic carbocycles. The van der Waals surface area contributed by atoms with Crippen LogP contribution in [0.5, 0.6) is 0 Å². The third-order valence-corrected chi connectivity index (χ3v) is 4.66. The Hall–Kier alpha value is 0.0600. The van der Waals surface area contributed by atoms with Crippen molar-refractivity contribution in [2.45, 2.75) is 26.4 Å². The molecular weight excluding hydrogens is 340 g/mol. The van der Waals surface area contributed by atoms with Crippen molar-refractivity contribution in [2.75, 3.05) is 0 Å². The molecule has 2 rings (SSSR count). The summed E-state index contributed by atoms with van der Waals surface area (Å²) in [7, 11) is 0. The Bertz CT molecular complexity index is 469. The van der Waals surface area contributed by atoms with Crippen LogP contribution in [0.2, 0.25) is 0 Å². The topological polar surface area (TPSA) is 24.9 Å². The zero-order valence-electron chi connectivity index (χ0n) is 9.57. The minimum absolute atomic E-state index is 0. The molecule has 1 unspecified atom stereocenters. The summed E-state index contributed by atoms with van der Waals surface area (Å²) in [6.07, 6.45) is 0. The maximum atomic E-state index is 4.48. The number of hydrogen-bond donors (Lipinski definition) is 1. The molecule has 2 aromatic rings. The van der Waals surface area contributed by atoms with Crippen LogP contribution < -0.4 is 5.32 Å². The van der Waals surface area contributed by atoms with E-state index in [0.717, 1.165) is 17.2 Å². The van der Waals surface area contributed by atoms with E-state index in [9.17, 15) is 0 Å². The van der Waals surface area contributed by atoms with Gasteiger partial charge in [0.2, 0.25) is 0 Å². The van der Waals surface area contributed by atoms with Crippen molar-refractivity contribution in [3.05, 3.63) is 36.9 Å². The fourth-order valence-electron chi connectivity index (χ4n) is 1.39.